The molecule has 0 amide bonds. The lowest BCUT2D eigenvalue weighted by Gasteiger charge is -2.21. The van der Waals surface area contributed by atoms with Crippen molar-refractivity contribution >= 4 is 5.96 Å². The Hall–Kier alpha value is -0.770. The fourth-order valence-corrected chi connectivity index (χ4v) is 1.58. The van der Waals surface area contributed by atoms with Gasteiger partial charge in [0.15, 0.2) is 5.96 Å². The molecular formula is C14H31N3O. The smallest absolute Gasteiger partial charge is 0.188 e. The number of nitrogens with one attached hydrogen (secondary N) is 1. The molecule has 0 aromatic carbocycles. The van der Waals surface area contributed by atoms with Crippen LogP contribution in [-0.4, -0.2) is 32.8 Å². The van der Waals surface area contributed by atoms with Gasteiger partial charge in [-0.05, 0) is 18.3 Å². The molecule has 0 aliphatic rings. The van der Waals surface area contributed by atoms with Crippen LogP contribution in [0.4, 0.5) is 0 Å². The normalized spacial score (nSPS) is 12.8. The second-order valence-corrected chi connectivity index (χ2v) is 5.60. The highest BCUT2D eigenvalue weighted by atomic mass is 16.5. The number of nitrogens with zero attached hydrogens (tertiary/aromatic N) is 1. The Labute approximate surface area is 112 Å². The second-order valence-electron chi connectivity index (χ2n) is 5.60. The lowest BCUT2D eigenvalue weighted by molar-refractivity contribution is 0.155. The molecule has 0 atom stereocenters. The van der Waals surface area contributed by atoms with Gasteiger partial charge in [-0.25, -0.2) is 0 Å². The van der Waals surface area contributed by atoms with Crippen molar-refractivity contribution in [2.45, 2.75) is 52.9 Å². The van der Waals surface area contributed by atoms with Crippen molar-refractivity contribution in [1.29, 1.82) is 0 Å². The van der Waals surface area contributed by atoms with Gasteiger partial charge in [0.05, 0.1) is 0 Å². The van der Waals surface area contributed by atoms with E-state index < -0.39 is 0 Å². The Balaban J connectivity index is 3.74. The van der Waals surface area contributed by atoms with Crippen molar-refractivity contribution < 1.29 is 4.74 Å². The molecule has 4 nitrogen and oxygen atoms in total. The Morgan fingerprint density at radius 2 is 2.00 bits per heavy atom. The Morgan fingerprint density at radius 3 is 2.61 bits per heavy atom. The van der Waals surface area contributed by atoms with Crippen LogP contribution in [0.1, 0.15) is 52.9 Å². The van der Waals surface area contributed by atoms with E-state index in [9.17, 15) is 0 Å². The zero-order valence-electron chi connectivity index (χ0n) is 12.6. The van der Waals surface area contributed by atoms with E-state index in [-0.39, 0.29) is 5.41 Å². The van der Waals surface area contributed by atoms with E-state index in [1.807, 2.05) is 0 Å². The lowest BCUT2D eigenvalue weighted by Crippen LogP contribution is -2.33. The van der Waals surface area contributed by atoms with Gasteiger partial charge in [-0.3, -0.25) is 4.99 Å². The van der Waals surface area contributed by atoms with Gasteiger partial charge in [0, 0.05) is 26.8 Å². The van der Waals surface area contributed by atoms with E-state index >= 15 is 0 Å². The van der Waals surface area contributed by atoms with Crippen molar-refractivity contribution in [3.63, 3.8) is 0 Å². The molecule has 0 bridgehead atoms. The van der Waals surface area contributed by atoms with Gasteiger partial charge in [-0.2, -0.15) is 0 Å². The van der Waals surface area contributed by atoms with Gasteiger partial charge in [0.25, 0.3) is 0 Å². The molecule has 0 saturated heterocycles. The Morgan fingerprint density at radius 1 is 1.28 bits per heavy atom. The molecule has 0 aliphatic heterocycles. The monoisotopic (exact) mass is 257 g/mol. The molecule has 0 aliphatic carbocycles. The second kappa shape index (κ2) is 10.2. The number of hydrogen-bond acceptors (Lipinski definition) is 2. The van der Waals surface area contributed by atoms with Crippen LogP contribution in [0, 0.1) is 5.41 Å². The average Bonchev–Trinajstić information content (AvgIpc) is 2.34. The number of ether oxygens (including phenoxy) is 1. The highest BCUT2D eigenvalue weighted by Gasteiger charge is 2.16. The standard InChI is InChI=1S/C14H31N3O/c1-5-6-7-8-10-16-13(15)17-12-14(2,3)9-11-18-4/h5-12H2,1-4H3,(H3,15,16,17). The van der Waals surface area contributed by atoms with Crippen LogP contribution >= 0.6 is 0 Å². The zero-order valence-corrected chi connectivity index (χ0v) is 12.6. The summed E-state index contributed by atoms with van der Waals surface area (Å²) in [5.41, 5.74) is 5.98. The van der Waals surface area contributed by atoms with Crippen LogP contribution in [0.5, 0.6) is 0 Å². The molecule has 108 valence electrons. The van der Waals surface area contributed by atoms with E-state index in [2.05, 4.69) is 31.1 Å². The highest BCUT2D eigenvalue weighted by molar-refractivity contribution is 5.77. The lowest BCUT2D eigenvalue weighted by atomic mass is 9.90. The molecular weight excluding hydrogens is 226 g/mol. The predicted molar refractivity (Wildman–Crippen MR) is 78.9 cm³/mol. The maximum atomic E-state index is 5.83. The minimum absolute atomic E-state index is 0.143. The molecule has 3 N–H and O–H groups in total. The minimum atomic E-state index is 0.143. The first-order valence-corrected chi connectivity index (χ1v) is 7.04. The summed E-state index contributed by atoms with van der Waals surface area (Å²) in [6, 6.07) is 0. The largest absolute Gasteiger partial charge is 0.385 e. The van der Waals surface area contributed by atoms with Crippen LogP contribution in [0.2, 0.25) is 0 Å². The average molecular weight is 257 g/mol. The first-order valence-electron chi connectivity index (χ1n) is 7.04. The van der Waals surface area contributed by atoms with Crippen molar-refractivity contribution in [2.75, 3.05) is 26.8 Å². The number of hydrogen-bond donors (Lipinski definition) is 2. The molecule has 0 fully saturated rings. The van der Waals surface area contributed by atoms with Crippen molar-refractivity contribution in [3.8, 4) is 0 Å². The topological polar surface area (TPSA) is 59.6 Å². The molecule has 0 spiro atoms. The van der Waals surface area contributed by atoms with Crippen LogP contribution in [-0.2, 0) is 4.74 Å². The number of aliphatic imine (C=N–C) groups is 1. The summed E-state index contributed by atoms with van der Waals surface area (Å²) in [4.78, 5) is 4.39. The van der Waals surface area contributed by atoms with E-state index in [1.54, 1.807) is 7.11 Å². The molecule has 0 rings (SSSR count). The quantitative estimate of drug-likeness (QED) is 0.359. The molecule has 0 radical (unpaired) electrons. The summed E-state index contributed by atoms with van der Waals surface area (Å²) in [5.74, 6) is 0.567. The summed E-state index contributed by atoms with van der Waals surface area (Å²) < 4.78 is 5.09. The summed E-state index contributed by atoms with van der Waals surface area (Å²) in [7, 11) is 1.73. The summed E-state index contributed by atoms with van der Waals surface area (Å²) in [6.45, 7) is 9.02. The number of nitrogens with two attached hydrogens (primary N) is 1. The third kappa shape index (κ3) is 10.4. The number of rotatable bonds is 10. The fraction of sp³-hybridized carbons (Fsp3) is 0.929. The number of guanidine groups is 1. The predicted octanol–water partition coefficient (Wildman–Crippen LogP) is 2.53. The number of methoxy groups -OCH3 is 1. The van der Waals surface area contributed by atoms with Gasteiger partial charge in [0.1, 0.15) is 0 Å². The van der Waals surface area contributed by atoms with Crippen molar-refractivity contribution in [1.82, 2.24) is 5.32 Å². The van der Waals surface area contributed by atoms with Crippen molar-refractivity contribution in [3.05, 3.63) is 0 Å². The van der Waals surface area contributed by atoms with E-state index in [4.69, 9.17) is 10.5 Å². The minimum Gasteiger partial charge on any atom is -0.385 e. The molecule has 18 heavy (non-hydrogen) atoms. The third-order valence-electron chi connectivity index (χ3n) is 3.00. The van der Waals surface area contributed by atoms with E-state index in [0.29, 0.717) is 5.96 Å². The molecule has 0 aromatic heterocycles. The van der Waals surface area contributed by atoms with E-state index in [1.165, 1.54) is 19.3 Å². The summed E-state index contributed by atoms with van der Waals surface area (Å²) >= 11 is 0. The van der Waals surface area contributed by atoms with Crippen LogP contribution < -0.4 is 11.1 Å². The van der Waals surface area contributed by atoms with E-state index in [0.717, 1.165) is 32.5 Å². The SMILES string of the molecule is CCCCCCNC(N)=NCC(C)(C)CCOC. The Bertz CT molecular complexity index is 227. The van der Waals surface area contributed by atoms with Gasteiger partial charge in [0.2, 0.25) is 0 Å². The molecule has 0 heterocycles. The van der Waals surface area contributed by atoms with Crippen LogP contribution in [0.15, 0.2) is 4.99 Å². The zero-order chi connectivity index (χ0) is 13.9. The van der Waals surface area contributed by atoms with Gasteiger partial charge < -0.3 is 15.8 Å². The third-order valence-corrected chi connectivity index (χ3v) is 3.00. The molecule has 0 unspecified atom stereocenters. The summed E-state index contributed by atoms with van der Waals surface area (Å²) in [5, 5.41) is 3.17. The van der Waals surface area contributed by atoms with Crippen LogP contribution in [0.25, 0.3) is 0 Å². The maximum absolute atomic E-state index is 5.83. The van der Waals surface area contributed by atoms with Crippen molar-refractivity contribution in [2.24, 2.45) is 16.1 Å². The van der Waals surface area contributed by atoms with Gasteiger partial charge >= 0.3 is 0 Å². The van der Waals surface area contributed by atoms with Gasteiger partial charge in [-0.15, -0.1) is 0 Å². The first-order chi connectivity index (χ1) is 8.52. The van der Waals surface area contributed by atoms with Crippen LogP contribution in [0.3, 0.4) is 0 Å². The van der Waals surface area contributed by atoms with Gasteiger partial charge in [-0.1, -0.05) is 40.0 Å². The molecule has 0 saturated carbocycles. The first kappa shape index (κ1) is 17.2. The maximum Gasteiger partial charge on any atom is 0.188 e. The highest BCUT2D eigenvalue weighted by Crippen LogP contribution is 2.20. The summed E-state index contributed by atoms with van der Waals surface area (Å²) in [6.07, 6.45) is 5.98. The molecule has 0 aromatic rings. The number of unbranched alkanes of at least 4 members (excludes halogenated alkanes) is 3. The fourth-order valence-electron chi connectivity index (χ4n) is 1.58. The molecule has 4 heteroatoms. The Kier molecular flexibility index (Phi) is 9.74.